The average molecular weight is 341 g/mol. The van der Waals surface area contributed by atoms with Crippen molar-refractivity contribution < 1.29 is 14.3 Å². The Balaban J connectivity index is 1.94. The largest absolute Gasteiger partial charge is 0.378 e. The highest BCUT2D eigenvalue weighted by atomic mass is 79.9. The van der Waals surface area contributed by atoms with Crippen molar-refractivity contribution in [2.45, 2.75) is 13.0 Å². The van der Waals surface area contributed by atoms with Crippen LogP contribution in [0.3, 0.4) is 0 Å². The molecule has 0 aromatic heterocycles. The minimum Gasteiger partial charge on any atom is -0.378 e. The zero-order chi connectivity index (χ0) is 14.5. The predicted octanol–water partition coefficient (Wildman–Crippen LogP) is 1.43. The maximum Gasteiger partial charge on any atom is 0.251 e. The molecule has 1 N–H and O–H groups in total. The Bertz CT molecular complexity index is 501. The summed E-state index contributed by atoms with van der Waals surface area (Å²) in [5.41, 5.74) is 0.529. The summed E-state index contributed by atoms with van der Waals surface area (Å²) < 4.78 is 6.04. The molecule has 1 atom stereocenters. The molecule has 0 bridgehead atoms. The normalized spacial score (nSPS) is 16.6. The van der Waals surface area contributed by atoms with Crippen LogP contribution in [0.2, 0.25) is 0 Å². The number of hydrogen-bond acceptors (Lipinski definition) is 3. The summed E-state index contributed by atoms with van der Waals surface area (Å²) in [7, 11) is 0. The smallest absolute Gasteiger partial charge is 0.251 e. The van der Waals surface area contributed by atoms with Gasteiger partial charge in [0.05, 0.1) is 13.2 Å². The molecule has 0 saturated carbocycles. The quantitative estimate of drug-likeness (QED) is 0.905. The van der Waals surface area contributed by atoms with Crippen LogP contribution in [0.25, 0.3) is 0 Å². The molecule has 1 saturated heterocycles. The fourth-order valence-corrected chi connectivity index (χ4v) is 2.43. The molecule has 20 heavy (non-hydrogen) atoms. The molecule has 0 radical (unpaired) electrons. The van der Waals surface area contributed by atoms with Gasteiger partial charge < -0.3 is 15.0 Å². The highest BCUT2D eigenvalue weighted by Gasteiger charge is 2.23. The number of ether oxygens (including phenoxy) is 1. The third kappa shape index (κ3) is 3.80. The fraction of sp³-hybridized carbons (Fsp3) is 0.429. The van der Waals surface area contributed by atoms with Gasteiger partial charge in [0.1, 0.15) is 6.04 Å². The van der Waals surface area contributed by atoms with Crippen LogP contribution in [0.1, 0.15) is 17.3 Å². The van der Waals surface area contributed by atoms with E-state index in [1.54, 1.807) is 30.0 Å². The van der Waals surface area contributed by atoms with Gasteiger partial charge in [-0.05, 0) is 25.1 Å². The summed E-state index contributed by atoms with van der Waals surface area (Å²) in [6.07, 6.45) is 0. The van der Waals surface area contributed by atoms with Gasteiger partial charge in [0.15, 0.2) is 0 Å². The Morgan fingerprint density at radius 2 is 2.05 bits per heavy atom. The SMILES string of the molecule is CC(NC(=O)c1cccc(Br)c1)C(=O)N1CCOCC1. The van der Waals surface area contributed by atoms with Gasteiger partial charge in [-0.1, -0.05) is 22.0 Å². The highest BCUT2D eigenvalue weighted by Crippen LogP contribution is 2.11. The first-order valence-electron chi connectivity index (χ1n) is 6.51. The van der Waals surface area contributed by atoms with E-state index in [-0.39, 0.29) is 11.8 Å². The monoisotopic (exact) mass is 340 g/mol. The zero-order valence-electron chi connectivity index (χ0n) is 11.3. The summed E-state index contributed by atoms with van der Waals surface area (Å²) in [5.74, 6) is -0.322. The minimum atomic E-state index is -0.542. The van der Waals surface area contributed by atoms with E-state index in [4.69, 9.17) is 4.74 Å². The molecule has 108 valence electrons. The van der Waals surface area contributed by atoms with Crippen molar-refractivity contribution in [3.05, 3.63) is 34.3 Å². The van der Waals surface area contributed by atoms with Gasteiger partial charge in [-0.25, -0.2) is 0 Å². The predicted molar refractivity (Wildman–Crippen MR) is 78.5 cm³/mol. The number of halogens is 1. The summed E-state index contributed by atoms with van der Waals surface area (Å²) in [4.78, 5) is 26.0. The Kier molecular flexibility index (Phi) is 5.14. The molecule has 0 spiro atoms. The van der Waals surface area contributed by atoms with E-state index in [0.717, 1.165) is 4.47 Å². The summed E-state index contributed by atoms with van der Waals surface area (Å²) in [6.45, 7) is 3.97. The number of carbonyl (C=O) groups is 2. The molecular formula is C14H17BrN2O3. The molecule has 6 heteroatoms. The second-order valence-electron chi connectivity index (χ2n) is 4.64. The molecular weight excluding hydrogens is 324 g/mol. The number of hydrogen-bond donors (Lipinski definition) is 1. The average Bonchev–Trinajstić information content (AvgIpc) is 2.47. The lowest BCUT2D eigenvalue weighted by molar-refractivity contribution is -0.136. The number of nitrogens with one attached hydrogen (secondary N) is 1. The number of morpholine rings is 1. The van der Waals surface area contributed by atoms with Crippen molar-refractivity contribution in [3.63, 3.8) is 0 Å². The summed E-state index contributed by atoms with van der Waals surface area (Å²) >= 11 is 3.32. The first kappa shape index (κ1) is 15.0. The maximum atomic E-state index is 12.2. The topological polar surface area (TPSA) is 58.6 Å². The molecule has 5 nitrogen and oxygen atoms in total. The van der Waals surface area contributed by atoms with E-state index >= 15 is 0 Å². The molecule has 1 aliphatic rings. The van der Waals surface area contributed by atoms with Crippen LogP contribution in [0.5, 0.6) is 0 Å². The van der Waals surface area contributed by atoms with E-state index in [1.165, 1.54) is 0 Å². The van der Waals surface area contributed by atoms with Crippen LogP contribution < -0.4 is 5.32 Å². The standard InChI is InChI=1S/C14H17BrN2O3/c1-10(14(19)17-5-7-20-8-6-17)16-13(18)11-3-2-4-12(15)9-11/h2-4,9-10H,5-8H2,1H3,(H,16,18). The molecule has 2 amide bonds. The number of amides is 2. The van der Waals surface area contributed by atoms with E-state index in [9.17, 15) is 9.59 Å². The summed E-state index contributed by atoms with van der Waals surface area (Å²) in [5, 5.41) is 2.73. The number of benzene rings is 1. The van der Waals surface area contributed by atoms with E-state index in [1.807, 2.05) is 6.07 Å². The minimum absolute atomic E-state index is 0.0725. The number of rotatable bonds is 3. The lowest BCUT2D eigenvalue weighted by atomic mass is 10.2. The van der Waals surface area contributed by atoms with Crippen molar-refractivity contribution in [1.82, 2.24) is 10.2 Å². The van der Waals surface area contributed by atoms with Crippen LogP contribution in [-0.2, 0) is 9.53 Å². The van der Waals surface area contributed by atoms with Gasteiger partial charge >= 0.3 is 0 Å². The van der Waals surface area contributed by atoms with Gasteiger partial charge in [0.2, 0.25) is 5.91 Å². The lowest BCUT2D eigenvalue weighted by Crippen LogP contribution is -2.50. The Labute approximate surface area is 126 Å². The molecule has 1 heterocycles. The van der Waals surface area contributed by atoms with Crippen LogP contribution in [0, 0.1) is 0 Å². The molecule has 1 fully saturated rings. The van der Waals surface area contributed by atoms with Gasteiger partial charge in [0.25, 0.3) is 5.91 Å². The van der Waals surface area contributed by atoms with Crippen molar-refractivity contribution in [2.24, 2.45) is 0 Å². The molecule has 1 unspecified atom stereocenters. The Hall–Kier alpha value is -1.40. The second-order valence-corrected chi connectivity index (χ2v) is 5.56. The first-order valence-corrected chi connectivity index (χ1v) is 7.30. The van der Waals surface area contributed by atoms with E-state index in [0.29, 0.717) is 31.9 Å². The number of nitrogens with zero attached hydrogens (tertiary/aromatic N) is 1. The number of carbonyl (C=O) groups excluding carboxylic acids is 2. The third-order valence-electron chi connectivity index (χ3n) is 3.13. The maximum absolute atomic E-state index is 12.2. The first-order chi connectivity index (χ1) is 9.58. The van der Waals surface area contributed by atoms with Crippen molar-refractivity contribution in [1.29, 1.82) is 0 Å². The zero-order valence-corrected chi connectivity index (χ0v) is 12.9. The fourth-order valence-electron chi connectivity index (χ4n) is 2.03. The highest BCUT2D eigenvalue weighted by molar-refractivity contribution is 9.10. The van der Waals surface area contributed by atoms with Crippen molar-refractivity contribution >= 4 is 27.7 Å². The summed E-state index contributed by atoms with van der Waals surface area (Å²) in [6, 6.07) is 6.53. The molecule has 0 aliphatic carbocycles. The van der Waals surface area contributed by atoms with Gasteiger partial charge in [-0.2, -0.15) is 0 Å². The van der Waals surface area contributed by atoms with Crippen LogP contribution >= 0.6 is 15.9 Å². The second kappa shape index (κ2) is 6.85. The van der Waals surface area contributed by atoms with E-state index < -0.39 is 6.04 Å². The van der Waals surface area contributed by atoms with Gasteiger partial charge in [-0.3, -0.25) is 9.59 Å². The van der Waals surface area contributed by atoms with Crippen LogP contribution in [0.15, 0.2) is 28.7 Å². The van der Waals surface area contributed by atoms with Gasteiger partial charge in [0, 0.05) is 23.1 Å². The van der Waals surface area contributed by atoms with Crippen molar-refractivity contribution in [3.8, 4) is 0 Å². The Morgan fingerprint density at radius 1 is 1.35 bits per heavy atom. The molecule has 1 aliphatic heterocycles. The molecule has 2 rings (SSSR count). The Morgan fingerprint density at radius 3 is 2.70 bits per heavy atom. The lowest BCUT2D eigenvalue weighted by Gasteiger charge is -2.29. The molecule has 1 aromatic rings. The van der Waals surface area contributed by atoms with Crippen molar-refractivity contribution in [2.75, 3.05) is 26.3 Å². The van der Waals surface area contributed by atoms with E-state index in [2.05, 4.69) is 21.2 Å². The van der Waals surface area contributed by atoms with Gasteiger partial charge in [-0.15, -0.1) is 0 Å². The van der Waals surface area contributed by atoms with Crippen LogP contribution in [-0.4, -0.2) is 49.1 Å². The van der Waals surface area contributed by atoms with Crippen LogP contribution in [0.4, 0.5) is 0 Å². The molecule has 1 aromatic carbocycles. The third-order valence-corrected chi connectivity index (χ3v) is 3.62.